The summed E-state index contributed by atoms with van der Waals surface area (Å²) in [6, 6.07) is 21.7. The number of aromatic nitrogens is 3. The minimum absolute atomic E-state index is 0.270. The number of ether oxygens (including phenoxy) is 1. The molecular formula is C53H53B3F6N6O. The molecule has 0 amide bonds. The first-order chi connectivity index (χ1) is 33.1. The average molecular weight is 936 g/mol. The number of halogens is 6. The van der Waals surface area contributed by atoms with Crippen LogP contribution in [0.5, 0.6) is 5.75 Å². The Kier molecular flexibility index (Phi) is 10.5. The highest BCUT2D eigenvalue weighted by Gasteiger charge is 2.56. The Labute approximate surface area is 398 Å². The summed E-state index contributed by atoms with van der Waals surface area (Å²) in [7, 11) is 1.56. The topological polar surface area (TPSA) is 33.0 Å². The largest absolute Gasteiger partial charge is 0.737 e. The predicted molar refractivity (Wildman–Crippen MR) is 267 cm³/mol. The van der Waals surface area contributed by atoms with E-state index in [1.165, 1.54) is 13.5 Å². The molecule has 352 valence electrons. The summed E-state index contributed by atoms with van der Waals surface area (Å²) >= 11 is 0. The van der Waals surface area contributed by atoms with E-state index in [1.54, 1.807) is 106 Å². The summed E-state index contributed by atoms with van der Waals surface area (Å²) in [4.78, 5) is 0. The molecule has 0 atom stereocenters. The number of benzene rings is 2. The number of hydrogen-bond acceptors (Lipinski definition) is 1. The van der Waals surface area contributed by atoms with Crippen LogP contribution in [0.1, 0.15) is 104 Å². The molecule has 11 rings (SSSR count). The maximum atomic E-state index is 17.4. The van der Waals surface area contributed by atoms with Crippen molar-refractivity contribution in [2.75, 3.05) is 7.11 Å². The van der Waals surface area contributed by atoms with Crippen molar-refractivity contribution in [3.8, 4) is 17.0 Å². The zero-order valence-corrected chi connectivity index (χ0v) is 39.7. The molecule has 0 unspecified atom stereocenters. The van der Waals surface area contributed by atoms with E-state index < -0.39 is 20.9 Å². The van der Waals surface area contributed by atoms with Gasteiger partial charge in [-0.25, -0.2) is 0 Å². The number of allylic oxidation sites excluding steroid dienone is 6. The van der Waals surface area contributed by atoms with E-state index in [4.69, 9.17) is 4.74 Å². The highest BCUT2D eigenvalue weighted by atomic mass is 19.3. The summed E-state index contributed by atoms with van der Waals surface area (Å²) in [6.45, 7) is -3.45. The van der Waals surface area contributed by atoms with Gasteiger partial charge in [0.15, 0.2) is 22.8 Å². The number of rotatable bonds is 13. The van der Waals surface area contributed by atoms with Crippen molar-refractivity contribution in [1.82, 2.24) is 13.4 Å². The number of fused-ring (bicyclic) bond motifs is 6. The van der Waals surface area contributed by atoms with Gasteiger partial charge < -0.3 is 57.5 Å². The molecule has 0 saturated carbocycles. The highest BCUT2D eigenvalue weighted by molar-refractivity contribution is 6.59. The van der Waals surface area contributed by atoms with Crippen LogP contribution in [-0.4, -0.2) is 72.0 Å². The molecule has 0 bridgehead atoms. The molecule has 0 saturated heterocycles. The lowest BCUT2D eigenvalue weighted by Crippen LogP contribution is -2.51. The van der Waals surface area contributed by atoms with E-state index in [-0.39, 0.29) is 6.42 Å². The molecule has 0 N–H and O–H groups in total. The number of hydrogen-bond donors (Lipinski definition) is 0. The Morgan fingerprint density at radius 1 is 0.580 bits per heavy atom. The Balaban J connectivity index is 0.992. The molecule has 3 aromatic heterocycles. The van der Waals surface area contributed by atoms with Crippen LogP contribution in [0, 0.1) is 13.8 Å². The summed E-state index contributed by atoms with van der Waals surface area (Å²) in [5, 5.41) is 0. The molecule has 6 aliphatic heterocycles. The SMILES string of the molecule is CCCC1=C(Cc2cc(CCCC3=[N+]4C(=Cc5c(C)cc(C)n5[B-]4(F)F)C=C3)cc(C3=[N+]4C(=Cc5ccc(CCC)n5[B-]4(F)F)C=C3)c2)C2=Cc3ccc(-c4ccc(OC)cc4)n3[B-](F)(F)[N+]2=C1C. The Hall–Kier alpha value is -6.70. The van der Waals surface area contributed by atoms with Gasteiger partial charge in [0.05, 0.1) is 7.11 Å². The summed E-state index contributed by atoms with van der Waals surface area (Å²) in [6.07, 6.45) is 16.5. The van der Waals surface area contributed by atoms with Crippen molar-refractivity contribution in [3.63, 3.8) is 0 Å². The lowest BCUT2D eigenvalue weighted by Gasteiger charge is -2.31. The van der Waals surface area contributed by atoms with Crippen molar-refractivity contribution in [3.05, 3.63) is 176 Å². The van der Waals surface area contributed by atoms with Crippen LogP contribution in [0.4, 0.5) is 25.9 Å². The van der Waals surface area contributed by atoms with Gasteiger partial charge in [-0.15, -0.1) is 0 Å². The lowest BCUT2D eigenvalue weighted by molar-refractivity contribution is -0.363. The lowest BCUT2D eigenvalue weighted by atomic mass is 9.87. The molecule has 69 heavy (non-hydrogen) atoms. The molecule has 0 fully saturated rings. The van der Waals surface area contributed by atoms with Crippen LogP contribution in [0.25, 0.3) is 29.5 Å². The molecule has 0 aliphatic carbocycles. The summed E-state index contributed by atoms with van der Waals surface area (Å²) < 4.78 is 114. The van der Waals surface area contributed by atoms with Crippen LogP contribution in [-0.2, 0) is 19.3 Å². The molecule has 2 aromatic carbocycles. The maximum Gasteiger partial charge on any atom is 0.737 e. The smallest absolute Gasteiger partial charge is 0.497 e. The fourth-order valence-corrected chi connectivity index (χ4v) is 12.0. The van der Waals surface area contributed by atoms with Gasteiger partial charge in [-0.2, -0.15) is 0 Å². The van der Waals surface area contributed by atoms with Gasteiger partial charge in [0.25, 0.3) is 0 Å². The molecule has 9 heterocycles. The average Bonchev–Trinajstić information content (AvgIpc) is 4.17. The van der Waals surface area contributed by atoms with E-state index >= 15 is 25.9 Å². The minimum Gasteiger partial charge on any atom is -0.497 e. The third-order valence-corrected chi connectivity index (χ3v) is 14.9. The zero-order valence-electron chi connectivity index (χ0n) is 39.7. The highest BCUT2D eigenvalue weighted by Crippen LogP contribution is 2.43. The van der Waals surface area contributed by atoms with Crippen molar-refractivity contribution < 1.29 is 44.1 Å². The second-order valence-corrected chi connectivity index (χ2v) is 19.3. The Morgan fingerprint density at radius 2 is 1.26 bits per heavy atom. The van der Waals surface area contributed by atoms with Crippen LogP contribution in [0.3, 0.4) is 0 Å². The van der Waals surface area contributed by atoms with Crippen LogP contribution < -0.4 is 4.74 Å². The fourth-order valence-electron chi connectivity index (χ4n) is 12.0. The van der Waals surface area contributed by atoms with Crippen molar-refractivity contribution >= 4 is 56.3 Å². The standard InChI is InChI=1S/C53H53B3F6N6O/c1-7-10-41-16-18-43-31-44-20-25-51(67(44)56(61,62)65(41)43)40-28-37(12-9-13-42-17-19-45-32-52-34(3)26-35(4)63(52)54(57,58)66(42)45)27-38(29-40)30-49-48(11-8-2)36(5)64-53(49)33-46-21-24-50(68(46)55(64,59)60)39-14-22-47(69-6)23-15-39/h14-29,31-33H,7-13,30H2,1-6H3. The number of methoxy groups -OCH3 is 1. The molecule has 16 heteroatoms. The van der Waals surface area contributed by atoms with E-state index in [0.29, 0.717) is 124 Å². The van der Waals surface area contributed by atoms with Gasteiger partial charge in [0, 0.05) is 102 Å². The van der Waals surface area contributed by atoms with Crippen molar-refractivity contribution in [2.24, 2.45) is 0 Å². The van der Waals surface area contributed by atoms with E-state index in [1.807, 2.05) is 51.1 Å². The van der Waals surface area contributed by atoms with Gasteiger partial charge in [-0.05, 0) is 140 Å². The molecule has 6 aliphatic rings. The van der Waals surface area contributed by atoms with Crippen molar-refractivity contribution in [2.45, 2.75) is 86.0 Å². The second kappa shape index (κ2) is 16.2. The summed E-state index contributed by atoms with van der Waals surface area (Å²) in [5.41, 5.74) is 10.7. The van der Waals surface area contributed by atoms with Crippen LogP contribution >= 0.6 is 0 Å². The fraction of sp³-hybridized carbons (Fsp3) is 0.264. The summed E-state index contributed by atoms with van der Waals surface area (Å²) in [5.74, 6) is 0.628. The first-order valence-electron chi connectivity index (χ1n) is 24.2. The molecular weight excluding hydrogens is 883 g/mol. The molecule has 0 spiro atoms. The Bertz CT molecular complexity index is 3350. The third kappa shape index (κ3) is 6.86. The van der Waals surface area contributed by atoms with E-state index in [0.717, 1.165) is 47.7 Å². The Morgan fingerprint density at radius 3 is 2.01 bits per heavy atom. The van der Waals surface area contributed by atoms with Crippen molar-refractivity contribution in [1.29, 1.82) is 0 Å². The van der Waals surface area contributed by atoms with Crippen LogP contribution in [0.2, 0.25) is 0 Å². The van der Waals surface area contributed by atoms with Gasteiger partial charge in [-0.3, -0.25) is 0 Å². The van der Waals surface area contributed by atoms with Gasteiger partial charge >= 0.3 is 20.9 Å². The van der Waals surface area contributed by atoms with Gasteiger partial charge in [0.2, 0.25) is 0 Å². The minimum atomic E-state index is -4.35. The molecule has 5 aromatic rings. The first-order valence-corrected chi connectivity index (χ1v) is 24.2. The van der Waals surface area contributed by atoms with Gasteiger partial charge in [-0.1, -0.05) is 32.8 Å². The van der Waals surface area contributed by atoms with E-state index in [2.05, 4.69) is 0 Å². The third-order valence-electron chi connectivity index (χ3n) is 14.9. The first kappa shape index (κ1) is 44.8. The predicted octanol–water partition coefficient (Wildman–Crippen LogP) is 12.0. The molecule has 0 radical (unpaired) electrons. The number of aryl methyl sites for hydroxylation is 4. The number of nitrogens with zero attached hydrogens (tertiary/aromatic N) is 6. The quantitative estimate of drug-likeness (QED) is 0.0855. The second-order valence-electron chi connectivity index (χ2n) is 19.3. The monoisotopic (exact) mass is 936 g/mol. The normalized spacial score (nSPS) is 18.9. The van der Waals surface area contributed by atoms with E-state index in [9.17, 15) is 0 Å². The van der Waals surface area contributed by atoms with Crippen LogP contribution in [0.15, 0.2) is 125 Å². The molecule has 7 nitrogen and oxygen atoms in total. The zero-order chi connectivity index (χ0) is 48.3. The van der Waals surface area contributed by atoms with Gasteiger partial charge in [0.1, 0.15) is 17.2 Å². The maximum absolute atomic E-state index is 17.4.